The SMILES string of the molecule is Cc1nc2ccc(CCN(C)CCCS)cc2o1. The summed E-state index contributed by atoms with van der Waals surface area (Å²) >= 11 is 4.23. The van der Waals surface area contributed by atoms with E-state index >= 15 is 0 Å². The quantitative estimate of drug-likeness (QED) is 0.813. The molecule has 0 aliphatic rings. The smallest absolute Gasteiger partial charge is 0.192 e. The van der Waals surface area contributed by atoms with Crippen molar-refractivity contribution >= 4 is 23.7 Å². The summed E-state index contributed by atoms with van der Waals surface area (Å²) < 4.78 is 5.55. The molecule has 4 heteroatoms. The van der Waals surface area contributed by atoms with Crippen LogP contribution in [0, 0.1) is 6.92 Å². The highest BCUT2D eigenvalue weighted by atomic mass is 32.1. The number of likely N-dealkylation sites (N-methyl/N-ethyl adjacent to an activating group) is 1. The maximum atomic E-state index is 5.55. The molecular weight excluding hydrogens is 244 g/mol. The summed E-state index contributed by atoms with van der Waals surface area (Å²) in [6.07, 6.45) is 2.18. The number of benzene rings is 1. The fourth-order valence-electron chi connectivity index (χ4n) is 2.01. The Morgan fingerprint density at radius 2 is 2.17 bits per heavy atom. The van der Waals surface area contributed by atoms with Gasteiger partial charge in [-0.1, -0.05) is 6.07 Å². The third kappa shape index (κ3) is 3.50. The first-order chi connectivity index (χ1) is 8.69. The van der Waals surface area contributed by atoms with Crippen LogP contribution in [0.25, 0.3) is 11.1 Å². The molecule has 18 heavy (non-hydrogen) atoms. The van der Waals surface area contributed by atoms with Gasteiger partial charge < -0.3 is 9.32 Å². The molecule has 0 bridgehead atoms. The molecule has 0 aliphatic heterocycles. The van der Waals surface area contributed by atoms with Crippen molar-refractivity contribution in [3.8, 4) is 0 Å². The Labute approximate surface area is 114 Å². The van der Waals surface area contributed by atoms with Crippen molar-refractivity contribution in [2.45, 2.75) is 19.8 Å². The maximum Gasteiger partial charge on any atom is 0.192 e. The summed E-state index contributed by atoms with van der Waals surface area (Å²) in [7, 11) is 2.15. The average Bonchev–Trinajstić information content (AvgIpc) is 2.73. The van der Waals surface area contributed by atoms with Crippen LogP contribution >= 0.6 is 12.6 Å². The van der Waals surface area contributed by atoms with E-state index in [1.165, 1.54) is 5.56 Å². The van der Waals surface area contributed by atoms with Gasteiger partial charge in [0.1, 0.15) is 5.52 Å². The summed E-state index contributed by atoms with van der Waals surface area (Å²) in [6, 6.07) is 6.27. The molecule has 0 unspecified atom stereocenters. The molecule has 1 aromatic carbocycles. The molecule has 0 spiro atoms. The van der Waals surface area contributed by atoms with E-state index in [0.29, 0.717) is 0 Å². The van der Waals surface area contributed by atoms with E-state index in [2.05, 4.69) is 41.7 Å². The number of nitrogens with zero attached hydrogens (tertiary/aromatic N) is 2. The minimum atomic E-state index is 0.730. The molecule has 3 nitrogen and oxygen atoms in total. The van der Waals surface area contributed by atoms with E-state index in [0.717, 1.165) is 48.7 Å². The Bertz CT molecular complexity index is 509. The molecule has 0 N–H and O–H groups in total. The fraction of sp³-hybridized carbons (Fsp3) is 0.500. The number of oxazole rings is 1. The van der Waals surface area contributed by atoms with Gasteiger partial charge in [-0.25, -0.2) is 4.98 Å². The van der Waals surface area contributed by atoms with Gasteiger partial charge in [-0.2, -0.15) is 12.6 Å². The van der Waals surface area contributed by atoms with Gasteiger partial charge in [0, 0.05) is 13.5 Å². The van der Waals surface area contributed by atoms with Crippen LogP contribution < -0.4 is 0 Å². The third-order valence-corrected chi connectivity index (χ3v) is 3.36. The zero-order valence-electron chi connectivity index (χ0n) is 11.0. The van der Waals surface area contributed by atoms with Crippen LogP contribution in [0.4, 0.5) is 0 Å². The van der Waals surface area contributed by atoms with Crippen molar-refractivity contribution in [1.82, 2.24) is 9.88 Å². The maximum absolute atomic E-state index is 5.55. The lowest BCUT2D eigenvalue weighted by molar-refractivity contribution is 0.340. The molecule has 1 aromatic heterocycles. The van der Waals surface area contributed by atoms with Crippen LogP contribution in [0.15, 0.2) is 22.6 Å². The minimum absolute atomic E-state index is 0.730. The van der Waals surface area contributed by atoms with Crippen molar-refractivity contribution in [1.29, 1.82) is 0 Å². The molecule has 1 heterocycles. The molecule has 0 amide bonds. The number of fused-ring (bicyclic) bond motifs is 1. The Morgan fingerprint density at radius 1 is 1.33 bits per heavy atom. The molecule has 98 valence electrons. The van der Waals surface area contributed by atoms with Gasteiger partial charge in [0.25, 0.3) is 0 Å². The number of aromatic nitrogens is 1. The largest absolute Gasteiger partial charge is 0.441 e. The van der Waals surface area contributed by atoms with Gasteiger partial charge in [-0.05, 0) is 49.9 Å². The highest BCUT2D eigenvalue weighted by Gasteiger charge is 2.04. The molecule has 0 aliphatic carbocycles. The van der Waals surface area contributed by atoms with Gasteiger partial charge in [0.2, 0.25) is 0 Å². The van der Waals surface area contributed by atoms with Crippen molar-refractivity contribution in [2.75, 3.05) is 25.9 Å². The first-order valence-electron chi connectivity index (χ1n) is 6.34. The summed E-state index contributed by atoms with van der Waals surface area (Å²) in [4.78, 5) is 6.64. The highest BCUT2D eigenvalue weighted by molar-refractivity contribution is 7.80. The lowest BCUT2D eigenvalue weighted by atomic mass is 10.1. The number of hydrogen-bond donors (Lipinski definition) is 1. The van der Waals surface area contributed by atoms with Crippen LogP contribution in [0.5, 0.6) is 0 Å². The van der Waals surface area contributed by atoms with E-state index < -0.39 is 0 Å². The Hall–Kier alpha value is -1.00. The summed E-state index contributed by atoms with van der Waals surface area (Å²) in [5.74, 6) is 1.68. The first kappa shape index (κ1) is 13.4. The second kappa shape index (κ2) is 6.25. The minimum Gasteiger partial charge on any atom is -0.441 e. The van der Waals surface area contributed by atoms with Gasteiger partial charge >= 0.3 is 0 Å². The van der Waals surface area contributed by atoms with Crippen molar-refractivity contribution < 1.29 is 4.42 Å². The second-order valence-electron chi connectivity index (χ2n) is 4.67. The van der Waals surface area contributed by atoms with Crippen LogP contribution in [0.2, 0.25) is 0 Å². The van der Waals surface area contributed by atoms with Crippen molar-refractivity contribution in [3.05, 3.63) is 29.7 Å². The van der Waals surface area contributed by atoms with E-state index in [9.17, 15) is 0 Å². The fourth-order valence-corrected chi connectivity index (χ4v) is 2.15. The average molecular weight is 264 g/mol. The molecule has 0 saturated carbocycles. The molecule has 0 atom stereocenters. The van der Waals surface area contributed by atoms with E-state index in [-0.39, 0.29) is 0 Å². The van der Waals surface area contributed by atoms with Crippen LogP contribution in [-0.2, 0) is 6.42 Å². The highest BCUT2D eigenvalue weighted by Crippen LogP contribution is 2.17. The third-order valence-electron chi connectivity index (χ3n) is 3.04. The molecule has 0 radical (unpaired) electrons. The summed E-state index contributed by atoms with van der Waals surface area (Å²) in [5.41, 5.74) is 3.14. The first-order valence-corrected chi connectivity index (χ1v) is 6.98. The second-order valence-corrected chi connectivity index (χ2v) is 5.11. The van der Waals surface area contributed by atoms with Gasteiger partial charge in [0.05, 0.1) is 0 Å². The van der Waals surface area contributed by atoms with Crippen molar-refractivity contribution in [2.24, 2.45) is 0 Å². The normalized spacial score (nSPS) is 11.6. The number of aryl methyl sites for hydroxylation is 1. The number of thiol groups is 1. The van der Waals surface area contributed by atoms with Gasteiger partial charge in [-0.15, -0.1) is 0 Å². The summed E-state index contributed by atoms with van der Waals surface area (Å²) in [6.45, 7) is 4.05. The Kier molecular flexibility index (Phi) is 4.66. The topological polar surface area (TPSA) is 29.3 Å². The lowest BCUT2D eigenvalue weighted by Gasteiger charge is -2.15. The van der Waals surface area contributed by atoms with Crippen LogP contribution in [0.3, 0.4) is 0 Å². The van der Waals surface area contributed by atoms with Crippen LogP contribution in [-0.4, -0.2) is 35.8 Å². The number of rotatable bonds is 6. The molecule has 2 aromatic rings. The van der Waals surface area contributed by atoms with E-state index in [1.54, 1.807) is 0 Å². The monoisotopic (exact) mass is 264 g/mol. The zero-order chi connectivity index (χ0) is 13.0. The summed E-state index contributed by atoms with van der Waals surface area (Å²) in [5, 5.41) is 0. The predicted octanol–water partition coefficient (Wildman–Crippen LogP) is 2.93. The van der Waals surface area contributed by atoms with E-state index in [1.807, 2.05) is 13.0 Å². The molecular formula is C14H20N2OS. The van der Waals surface area contributed by atoms with Gasteiger partial charge in [-0.3, -0.25) is 0 Å². The van der Waals surface area contributed by atoms with Gasteiger partial charge in [0.15, 0.2) is 11.5 Å². The molecule has 0 fully saturated rings. The van der Waals surface area contributed by atoms with E-state index in [4.69, 9.17) is 4.42 Å². The lowest BCUT2D eigenvalue weighted by Crippen LogP contribution is -2.22. The predicted molar refractivity (Wildman–Crippen MR) is 78.4 cm³/mol. The Morgan fingerprint density at radius 3 is 2.94 bits per heavy atom. The zero-order valence-corrected chi connectivity index (χ0v) is 11.9. The van der Waals surface area contributed by atoms with Crippen molar-refractivity contribution in [3.63, 3.8) is 0 Å². The number of hydrogen-bond acceptors (Lipinski definition) is 4. The van der Waals surface area contributed by atoms with Crippen LogP contribution in [0.1, 0.15) is 17.9 Å². The Balaban J connectivity index is 1.95. The standard InChI is InChI=1S/C14H20N2OS/c1-11-15-13-5-4-12(10-14(13)17-11)6-8-16(2)7-3-9-18/h4-5,10,18H,3,6-9H2,1-2H3. The molecule has 2 rings (SSSR count). The molecule has 0 saturated heterocycles.